The van der Waals surface area contributed by atoms with Crippen molar-refractivity contribution < 1.29 is 19.4 Å². The van der Waals surface area contributed by atoms with Crippen molar-refractivity contribution in [2.45, 2.75) is 44.6 Å². The quantitative estimate of drug-likeness (QED) is 0.844. The molecule has 1 unspecified atom stereocenters. The van der Waals surface area contributed by atoms with E-state index >= 15 is 0 Å². The fraction of sp³-hybridized carbons (Fsp3) is 0.529. The van der Waals surface area contributed by atoms with Crippen molar-refractivity contribution in [1.82, 2.24) is 5.32 Å². The van der Waals surface area contributed by atoms with Gasteiger partial charge < -0.3 is 15.2 Å². The van der Waals surface area contributed by atoms with E-state index in [-0.39, 0.29) is 18.9 Å². The predicted octanol–water partition coefficient (Wildman–Crippen LogP) is 2.18. The maximum atomic E-state index is 12.4. The van der Waals surface area contributed by atoms with Gasteiger partial charge in [-0.2, -0.15) is 0 Å². The summed E-state index contributed by atoms with van der Waals surface area (Å²) >= 11 is 0. The topological polar surface area (TPSA) is 75.6 Å². The van der Waals surface area contributed by atoms with Crippen LogP contribution in [0.2, 0.25) is 0 Å². The average molecular weight is 305 g/mol. The SMILES string of the molecule is COCC(C)(CC(=O)O)NC(=O)c1ccc2c(c1)CCCC2. The van der Waals surface area contributed by atoms with Crippen molar-refractivity contribution in [2.75, 3.05) is 13.7 Å². The second-order valence-corrected chi connectivity index (χ2v) is 6.21. The van der Waals surface area contributed by atoms with E-state index in [4.69, 9.17) is 9.84 Å². The van der Waals surface area contributed by atoms with Gasteiger partial charge >= 0.3 is 5.97 Å². The number of ether oxygens (including phenoxy) is 1. The summed E-state index contributed by atoms with van der Waals surface area (Å²) in [5.41, 5.74) is 2.19. The highest BCUT2D eigenvalue weighted by atomic mass is 16.5. The zero-order chi connectivity index (χ0) is 16.2. The van der Waals surface area contributed by atoms with E-state index in [1.807, 2.05) is 18.2 Å². The molecule has 2 N–H and O–H groups in total. The maximum absolute atomic E-state index is 12.4. The molecule has 0 saturated heterocycles. The molecule has 0 aliphatic heterocycles. The first-order valence-electron chi connectivity index (χ1n) is 7.58. The molecule has 1 amide bonds. The Balaban J connectivity index is 2.14. The van der Waals surface area contributed by atoms with Crippen LogP contribution in [-0.2, 0) is 22.4 Å². The number of aliphatic carboxylic acids is 1. The summed E-state index contributed by atoms with van der Waals surface area (Å²) in [5, 5.41) is 11.8. The number of amides is 1. The van der Waals surface area contributed by atoms with Crippen molar-refractivity contribution in [2.24, 2.45) is 0 Å². The summed E-state index contributed by atoms with van der Waals surface area (Å²) in [6.45, 7) is 1.83. The number of rotatable bonds is 6. The Labute approximate surface area is 130 Å². The van der Waals surface area contributed by atoms with Crippen molar-refractivity contribution in [3.63, 3.8) is 0 Å². The standard InChI is InChI=1S/C17H23NO4/c1-17(11-22-2,10-15(19)20)18-16(21)14-8-7-12-5-3-4-6-13(12)9-14/h7-9H,3-6,10-11H2,1-2H3,(H,18,21)(H,19,20). The molecule has 0 bridgehead atoms. The van der Waals surface area contributed by atoms with Crippen LogP contribution >= 0.6 is 0 Å². The van der Waals surface area contributed by atoms with Crippen molar-refractivity contribution >= 4 is 11.9 Å². The number of carboxylic acid groups (broad SMARTS) is 1. The summed E-state index contributed by atoms with van der Waals surface area (Å²) in [7, 11) is 1.49. The molecule has 0 spiro atoms. The van der Waals surface area contributed by atoms with Gasteiger partial charge in [0, 0.05) is 12.7 Å². The lowest BCUT2D eigenvalue weighted by molar-refractivity contribution is -0.139. The number of hydrogen-bond acceptors (Lipinski definition) is 3. The van der Waals surface area contributed by atoms with E-state index in [1.54, 1.807) is 6.92 Å². The molecule has 22 heavy (non-hydrogen) atoms. The Kier molecular flexibility index (Phi) is 5.19. The third-order valence-electron chi connectivity index (χ3n) is 4.03. The largest absolute Gasteiger partial charge is 0.481 e. The second kappa shape index (κ2) is 6.92. The number of nitrogens with one attached hydrogen (secondary N) is 1. The first kappa shape index (κ1) is 16.5. The molecule has 1 aromatic rings. The highest BCUT2D eigenvalue weighted by Crippen LogP contribution is 2.22. The highest BCUT2D eigenvalue weighted by Gasteiger charge is 2.30. The Morgan fingerprint density at radius 1 is 1.27 bits per heavy atom. The minimum Gasteiger partial charge on any atom is -0.481 e. The molecule has 5 heteroatoms. The molecule has 0 saturated carbocycles. The van der Waals surface area contributed by atoms with Crippen LogP contribution in [0.3, 0.4) is 0 Å². The summed E-state index contributed by atoms with van der Waals surface area (Å²) < 4.78 is 5.06. The fourth-order valence-corrected chi connectivity index (χ4v) is 3.00. The van der Waals surface area contributed by atoms with Crippen LogP contribution in [0.1, 0.15) is 47.7 Å². The molecule has 1 atom stereocenters. The molecule has 120 valence electrons. The Morgan fingerprint density at radius 2 is 1.95 bits per heavy atom. The van der Waals surface area contributed by atoms with Crippen molar-refractivity contribution in [1.29, 1.82) is 0 Å². The minimum absolute atomic E-state index is 0.149. The van der Waals surface area contributed by atoms with E-state index in [1.165, 1.54) is 24.7 Å². The molecule has 0 heterocycles. The molecular weight excluding hydrogens is 282 g/mol. The van der Waals surface area contributed by atoms with E-state index in [0.717, 1.165) is 19.3 Å². The Bertz CT molecular complexity index is 570. The normalized spacial score (nSPS) is 16.5. The zero-order valence-corrected chi connectivity index (χ0v) is 13.1. The van der Waals surface area contributed by atoms with E-state index in [9.17, 15) is 9.59 Å². The summed E-state index contributed by atoms with van der Waals surface area (Å²) in [6, 6.07) is 5.75. The maximum Gasteiger partial charge on any atom is 0.305 e. The second-order valence-electron chi connectivity index (χ2n) is 6.21. The molecule has 1 aliphatic carbocycles. The van der Waals surface area contributed by atoms with Crippen molar-refractivity contribution in [3.05, 3.63) is 34.9 Å². The van der Waals surface area contributed by atoms with Gasteiger partial charge in [0.15, 0.2) is 0 Å². The molecule has 1 aliphatic rings. The molecule has 1 aromatic carbocycles. The number of methoxy groups -OCH3 is 1. The van der Waals surface area contributed by atoms with Crippen LogP contribution in [0.25, 0.3) is 0 Å². The van der Waals surface area contributed by atoms with E-state index in [2.05, 4.69) is 5.32 Å². The number of fused-ring (bicyclic) bond motifs is 1. The van der Waals surface area contributed by atoms with Crippen LogP contribution in [-0.4, -0.2) is 36.2 Å². The summed E-state index contributed by atoms with van der Waals surface area (Å²) in [4.78, 5) is 23.4. The number of carbonyl (C=O) groups excluding carboxylic acids is 1. The molecular formula is C17H23NO4. The van der Waals surface area contributed by atoms with Crippen LogP contribution in [0, 0.1) is 0 Å². The van der Waals surface area contributed by atoms with Gasteiger partial charge in [0.1, 0.15) is 0 Å². The number of carbonyl (C=O) groups is 2. The minimum atomic E-state index is -0.967. The highest BCUT2D eigenvalue weighted by molar-refractivity contribution is 5.95. The van der Waals surface area contributed by atoms with Crippen LogP contribution in [0.5, 0.6) is 0 Å². The lowest BCUT2D eigenvalue weighted by atomic mass is 9.90. The van der Waals surface area contributed by atoms with Gasteiger partial charge in [-0.25, -0.2) is 0 Å². The molecule has 0 fully saturated rings. The lowest BCUT2D eigenvalue weighted by Gasteiger charge is -2.28. The lowest BCUT2D eigenvalue weighted by Crippen LogP contribution is -2.50. The summed E-state index contributed by atoms with van der Waals surface area (Å²) in [6.07, 6.45) is 4.23. The van der Waals surface area contributed by atoms with Crippen LogP contribution in [0.4, 0.5) is 0 Å². The zero-order valence-electron chi connectivity index (χ0n) is 13.1. The molecule has 0 aromatic heterocycles. The number of carboxylic acids is 1. The van der Waals surface area contributed by atoms with Gasteiger partial charge in [-0.15, -0.1) is 0 Å². The van der Waals surface area contributed by atoms with Crippen molar-refractivity contribution in [3.8, 4) is 0 Å². The van der Waals surface area contributed by atoms with Gasteiger partial charge in [-0.3, -0.25) is 9.59 Å². The van der Waals surface area contributed by atoms with Gasteiger partial charge in [0.05, 0.1) is 18.6 Å². The van der Waals surface area contributed by atoms with Gasteiger partial charge in [-0.05, 0) is 55.9 Å². The average Bonchev–Trinajstić information content (AvgIpc) is 2.45. The van der Waals surface area contributed by atoms with E-state index < -0.39 is 11.5 Å². The number of hydrogen-bond donors (Lipinski definition) is 2. The fourth-order valence-electron chi connectivity index (χ4n) is 3.00. The number of aryl methyl sites for hydroxylation is 2. The molecule has 5 nitrogen and oxygen atoms in total. The third kappa shape index (κ3) is 4.07. The van der Waals surface area contributed by atoms with Gasteiger partial charge in [0.25, 0.3) is 5.91 Å². The molecule has 2 rings (SSSR count). The van der Waals surface area contributed by atoms with E-state index in [0.29, 0.717) is 5.56 Å². The Morgan fingerprint density at radius 3 is 2.59 bits per heavy atom. The first-order chi connectivity index (χ1) is 10.4. The van der Waals surface area contributed by atoms with Gasteiger partial charge in [0.2, 0.25) is 0 Å². The Hall–Kier alpha value is -1.88. The first-order valence-corrected chi connectivity index (χ1v) is 7.58. The van der Waals surface area contributed by atoms with Gasteiger partial charge in [-0.1, -0.05) is 6.07 Å². The van der Waals surface area contributed by atoms with Crippen LogP contribution in [0.15, 0.2) is 18.2 Å². The predicted molar refractivity (Wildman–Crippen MR) is 83.1 cm³/mol. The third-order valence-corrected chi connectivity index (χ3v) is 4.03. The van der Waals surface area contributed by atoms with Crippen LogP contribution < -0.4 is 5.32 Å². The summed E-state index contributed by atoms with van der Waals surface area (Å²) in [5.74, 6) is -1.22. The molecule has 0 radical (unpaired) electrons. The monoisotopic (exact) mass is 305 g/mol. The number of benzene rings is 1. The smallest absolute Gasteiger partial charge is 0.305 e.